The quantitative estimate of drug-likeness (QED) is 0.303. The number of nitrogens with one attached hydrogen (secondary N) is 1. The van der Waals surface area contributed by atoms with Gasteiger partial charge < -0.3 is 20.1 Å². The Morgan fingerprint density at radius 1 is 1.07 bits per heavy atom. The number of fused-ring (bicyclic) bond motifs is 4. The molecule has 4 aliphatic heterocycles. The predicted octanol–water partition coefficient (Wildman–Crippen LogP) is 5.11. The second kappa shape index (κ2) is 10.4. The Morgan fingerprint density at radius 3 is 2.82 bits per heavy atom. The molecule has 0 spiro atoms. The smallest absolute Gasteiger partial charge is 0.319 e. The first-order valence-corrected chi connectivity index (χ1v) is 15.3. The van der Waals surface area contributed by atoms with Gasteiger partial charge in [0.1, 0.15) is 35.6 Å². The summed E-state index contributed by atoms with van der Waals surface area (Å²) in [5.41, 5.74) is -0.918. The number of aromatic nitrogens is 3. The minimum absolute atomic E-state index is 0.0343. The van der Waals surface area contributed by atoms with Crippen LogP contribution in [0.4, 0.5) is 23.4 Å². The molecule has 4 atom stereocenters. The van der Waals surface area contributed by atoms with E-state index in [-0.39, 0.29) is 52.0 Å². The van der Waals surface area contributed by atoms with Crippen LogP contribution in [0.3, 0.4) is 0 Å². The molecule has 0 bridgehead atoms. The molecule has 4 aliphatic rings. The molecular formula is C32H32F4N6O2. The van der Waals surface area contributed by atoms with E-state index in [0.29, 0.717) is 36.6 Å². The molecule has 4 aromatic rings. The SMILES string of the molecule is Oc1cc(-c2ncc3c(N4C[C@H]5CCCN[C@H]5C4)nc(OC[C@@]45CCCN4C[C@H](F)C5)nc3c2F)c2c(F)c(F)ccc2c1. The number of ether oxygens (including phenoxy) is 1. The summed E-state index contributed by atoms with van der Waals surface area (Å²) in [5.74, 6) is -2.49. The average Bonchev–Trinajstić information content (AvgIpc) is 3.69. The topological polar surface area (TPSA) is 86.6 Å². The molecule has 2 aromatic heterocycles. The Balaban J connectivity index is 1.26. The van der Waals surface area contributed by atoms with Crippen molar-refractivity contribution in [1.29, 1.82) is 0 Å². The zero-order valence-corrected chi connectivity index (χ0v) is 24.0. The van der Waals surface area contributed by atoms with E-state index in [1.165, 1.54) is 24.4 Å². The largest absolute Gasteiger partial charge is 0.508 e. The molecule has 0 saturated carbocycles. The fourth-order valence-corrected chi connectivity index (χ4v) is 7.95. The fraction of sp³-hybridized carbons (Fsp3) is 0.469. The third kappa shape index (κ3) is 4.44. The van der Waals surface area contributed by atoms with Gasteiger partial charge in [0, 0.05) is 49.2 Å². The molecule has 230 valence electrons. The number of halogens is 4. The van der Waals surface area contributed by atoms with Gasteiger partial charge in [-0.3, -0.25) is 9.88 Å². The molecule has 44 heavy (non-hydrogen) atoms. The van der Waals surface area contributed by atoms with Gasteiger partial charge in [0.2, 0.25) is 0 Å². The maximum absolute atomic E-state index is 16.6. The molecule has 12 heteroatoms. The zero-order valence-electron chi connectivity index (χ0n) is 24.0. The molecule has 8 nitrogen and oxygen atoms in total. The van der Waals surface area contributed by atoms with Gasteiger partial charge in [0.15, 0.2) is 17.5 Å². The Bertz CT molecular complexity index is 1780. The maximum atomic E-state index is 16.6. The third-order valence-corrected chi connectivity index (χ3v) is 10.0. The number of phenolic OH excluding ortho intramolecular Hbond substituents is 1. The first-order valence-electron chi connectivity index (χ1n) is 15.3. The highest BCUT2D eigenvalue weighted by Gasteiger charge is 2.49. The summed E-state index contributed by atoms with van der Waals surface area (Å²) >= 11 is 0. The van der Waals surface area contributed by atoms with Gasteiger partial charge >= 0.3 is 6.01 Å². The summed E-state index contributed by atoms with van der Waals surface area (Å²) in [7, 11) is 0. The minimum atomic E-state index is -1.17. The lowest BCUT2D eigenvalue weighted by molar-refractivity contribution is 0.107. The Morgan fingerprint density at radius 2 is 1.95 bits per heavy atom. The van der Waals surface area contributed by atoms with E-state index in [1.807, 2.05) is 0 Å². The van der Waals surface area contributed by atoms with Crippen molar-refractivity contribution >= 4 is 27.5 Å². The van der Waals surface area contributed by atoms with Gasteiger partial charge in [-0.15, -0.1) is 0 Å². The molecular weight excluding hydrogens is 576 g/mol. The molecule has 2 aromatic carbocycles. The van der Waals surface area contributed by atoms with Crippen LogP contribution in [0.25, 0.3) is 32.9 Å². The van der Waals surface area contributed by atoms with Gasteiger partial charge in [-0.1, -0.05) is 6.07 Å². The molecule has 6 heterocycles. The number of phenols is 1. The van der Waals surface area contributed by atoms with Crippen LogP contribution in [0.5, 0.6) is 11.8 Å². The van der Waals surface area contributed by atoms with E-state index in [4.69, 9.17) is 9.72 Å². The van der Waals surface area contributed by atoms with Crippen molar-refractivity contribution < 1.29 is 27.4 Å². The number of benzene rings is 2. The summed E-state index contributed by atoms with van der Waals surface area (Å²) in [6.45, 7) is 3.67. The Kier molecular flexibility index (Phi) is 6.56. The van der Waals surface area contributed by atoms with E-state index < -0.39 is 29.2 Å². The molecule has 4 saturated heterocycles. The Hall–Kier alpha value is -3.77. The van der Waals surface area contributed by atoms with Crippen LogP contribution >= 0.6 is 0 Å². The number of nitrogens with zero attached hydrogens (tertiary/aromatic N) is 5. The van der Waals surface area contributed by atoms with Gasteiger partial charge in [-0.05, 0) is 68.3 Å². The van der Waals surface area contributed by atoms with Crippen LogP contribution in [0.2, 0.25) is 0 Å². The molecule has 0 radical (unpaired) electrons. The first-order chi connectivity index (χ1) is 21.3. The van der Waals surface area contributed by atoms with Crippen molar-refractivity contribution in [1.82, 2.24) is 25.2 Å². The summed E-state index contributed by atoms with van der Waals surface area (Å²) < 4.78 is 66.6. The molecule has 0 amide bonds. The number of piperidine rings is 1. The molecule has 2 N–H and O–H groups in total. The number of rotatable bonds is 5. The summed E-state index contributed by atoms with van der Waals surface area (Å²) in [5, 5.41) is 14.3. The van der Waals surface area contributed by atoms with Gasteiger partial charge in [0.25, 0.3) is 0 Å². The summed E-state index contributed by atoms with van der Waals surface area (Å²) in [4.78, 5) is 17.8. The fourth-order valence-electron chi connectivity index (χ4n) is 7.95. The zero-order chi connectivity index (χ0) is 30.2. The minimum Gasteiger partial charge on any atom is -0.508 e. The van der Waals surface area contributed by atoms with Crippen LogP contribution in [-0.4, -0.2) is 82.0 Å². The standard InChI is InChI=1S/C32H32F4N6O2/c33-19-11-32(6-2-8-42(32)14-19)16-44-31-39-29-22(30(40-31)41-13-18-3-1-7-37-24(18)15-41)12-38-28(27(29)36)21-10-20(43)9-17-4-5-23(34)26(35)25(17)21/h4-5,9-10,12,18-19,24,37,43H,1-3,6-8,11,13-16H2/t18-,19-,24+,32+/m1/s1. The molecule has 0 unspecified atom stereocenters. The van der Waals surface area contributed by atoms with Crippen molar-refractivity contribution in [2.45, 2.75) is 49.9 Å². The number of hydrogen-bond acceptors (Lipinski definition) is 8. The van der Waals surface area contributed by atoms with Crippen molar-refractivity contribution in [3.63, 3.8) is 0 Å². The van der Waals surface area contributed by atoms with E-state index in [1.54, 1.807) is 0 Å². The average molecular weight is 609 g/mol. The normalized spacial score (nSPS) is 26.9. The van der Waals surface area contributed by atoms with E-state index in [9.17, 15) is 13.9 Å². The van der Waals surface area contributed by atoms with Gasteiger partial charge in [-0.25, -0.2) is 17.6 Å². The van der Waals surface area contributed by atoms with E-state index >= 15 is 8.78 Å². The number of pyridine rings is 1. The van der Waals surface area contributed by atoms with Crippen LogP contribution in [0.1, 0.15) is 32.1 Å². The van der Waals surface area contributed by atoms with Crippen LogP contribution in [0, 0.1) is 23.4 Å². The molecule has 0 aliphatic carbocycles. The van der Waals surface area contributed by atoms with Gasteiger partial charge in [0.05, 0.1) is 10.9 Å². The van der Waals surface area contributed by atoms with Crippen LogP contribution < -0.4 is 15.0 Å². The second-order valence-electron chi connectivity index (χ2n) is 12.7. The van der Waals surface area contributed by atoms with Crippen molar-refractivity contribution in [3.05, 3.63) is 47.9 Å². The lowest BCUT2D eigenvalue weighted by Gasteiger charge is -2.31. The van der Waals surface area contributed by atoms with Gasteiger partial charge in [-0.2, -0.15) is 9.97 Å². The van der Waals surface area contributed by atoms with Crippen molar-refractivity contribution in [3.8, 4) is 23.0 Å². The van der Waals surface area contributed by atoms with E-state index in [0.717, 1.165) is 51.4 Å². The number of aromatic hydroxyl groups is 1. The van der Waals surface area contributed by atoms with Crippen LogP contribution in [0.15, 0.2) is 30.5 Å². The second-order valence-corrected chi connectivity index (χ2v) is 12.7. The molecule has 8 rings (SSSR count). The highest BCUT2D eigenvalue weighted by molar-refractivity contribution is 6.00. The van der Waals surface area contributed by atoms with E-state index in [2.05, 4.69) is 25.1 Å². The first kappa shape index (κ1) is 27.8. The van der Waals surface area contributed by atoms with Crippen molar-refractivity contribution in [2.24, 2.45) is 5.92 Å². The Labute approximate surface area is 251 Å². The number of hydrogen-bond donors (Lipinski definition) is 2. The van der Waals surface area contributed by atoms with Crippen LogP contribution in [-0.2, 0) is 0 Å². The monoisotopic (exact) mass is 608 g/mol. The summed E-state index contributed by atoms with van der Waals surface area (Å²) in [6, 6.07) is 4.96. The van der Waals surface area contributed by atoms with Crippen molar-refractivity contribution in [2.75, 3.05) is 44.2 Å². The predicted molar refractivity (Wildman–Crippen MR) is 157 cm³/mol. The number of anilines is 1. The lowest BCUT2D eigenvalue weighted by Crippen LogP contribution is -2.43. The number of alkyl halides is 1. The highest BCUT2D eigenvalue weighted by Crippen LogP contribution is 2.42. The lowest BCUT2D eigenvalue weighted by atomic mass is 9.94. The summed E-state index contributed by atoms with van der Waals surface area (Å²) in [6.07, 6.45) is 4.78. The highest BCUT2D eigenvalue weighted by atomic mass is 19.2. The maximum Gasteiger partial charge on any atom is 0.319 e. The molecule has 4 fully saturated rings. The third-order valence-electron chi connectivity index (χ3n) is 10.0.